The number of aliphatic hydroxyl groups excluding tert-OH is 1. The Kier molecular flexibility index (Phi) is 46.5. The fourth-order valence-electron chi connectivity index (χ4n) is 11.7. The van der Waals surface area contributed by atoms with Crippen LogP contribution in [0.2, 0.25) is 0 Å². The fourth-order valence-corrected chi connectivity index (χ4v) is 13.4. The standard InChI is InChI=1S/C16H18.C13H21NO2.C12H18O.C12H16O.C12H18.C11H16O.2C11H16.C9H14S.C8H12S.CO2/c1-16(2,3)15-11-9-14(10-12-15)13-7-5-4-6-8-13;1-12(2,3)10-8-7-9-14(10)11(15)16-13(4,5)6;2*1-9(13)10-5-7-11(8-6-10)12(2,3)4;1-5-10-6-8-11(9-7-10)12(2,3)4;1-11(2,3)9-6-5-7-10(8-9)12-4;2*1-9-5-7-10(8-6-9)11(2,3)4;1-7-5-6-8(10-7)9(2,3)4;1-8(2,3)7-5-4-6-9-7;2-1-3/h4-12H,1-3H3;7-9H,1-6H3;5-9,13H,1-4H3;5-8H,1-4H3;6-9H,5H2,1-4H3;5-8H,1-4H3;2*5-8H,1-4H3;5-6H,1-4H3;4-6H,1-3H3;. The lowest BCUT2D eigenvalue weighted by molar-refractivity contribution is -0.191. The van der Waals surface area contributed by atoms with Crippen molar-refractivity contribution in [2.24, 2.45) is 0 Å². The summed E-state index contributed by atoms with van der Waals surface area (Å²) in [6.07, 6.45) is 2.44. The summed E-state index contributed by atoms with van der Waals surface area (Å²) in [4.78, 5) is 43.5. The van der Waals surface area contributed by atoms with Crippen LogP contribution in [0.1, 0.15) is 347 Å². The number of rotatable bonds is 5. The molecule has 8 aromatic carbocycles. The second-order valence-electron chi connectivity index (χ2n) is 43.6. The van der Waals surface area contributed by atoms with Gasteiger partial charge in [0.2, 0.25) is 0 Å². The number of aliphatic hydroxyl groups is 1. The highest BCUT2D eigenvalue weighted by atomic mass is 32.1. The fraction of sp³-hybridized carbons (Fsp3) is 0.457. The molecular formula is C116H165NO7S2. The van der Waals surface area contributed by atoms with Crippen LogP contribution in [0.25, 0.3) is 11.1 Å². The Balaban J connectivity index is 0.000000700. The third-order valence-electron chi connectivity index (χ3n) is 20.1. The van der Waals surface area contributed by atoms with Gasteiger partial charge in [0.25, 0.3) is 0 Å². The zero-order valence-electron chi connectivity index (χ0n) is 85.6. The van der Waals surface area contributed by atoms with Gasteiger partial charge in [-0.1, -0.05) is 420 Å². The van der Waals surface area contributed by atoms with Gasteiger partial charge in [0.05, 0.1) is 13.2 Å². The molecule has 1 unspecified atom stereocenters. The molecule has 0 bridgehead atoms. The molecule has 3 aromatic heterocycles. The molecule has 0 spiro atoms. The minimum absolute atomic E-state index is 0.0690. The molecule has 0 amide bonds. The highest BCUT2D eigenvalue weighted by Gasteiger charge is 2.26. The van der Waals surface area contributed by atoms with E-state index < -0.39 is 5.60 Å². The van der Waals surface area contributed by atoms with Crippen molar-refractivity contribution in [3.8, 4) is 16.9 Å². The Labute approximate surface area is 775 Å². The third kappa shape index (κ3) is 45.9. The topological polar surface area (TPSA) is 112 Å². The predicted octanol–water partition coefficient (Wildman–Crippen LogP) is 33.4. The van der Waals surface area contributed by atoms with Gasteiger partial charge in [0.15, 0.2) is 5.78 Å². The molecule has 688 valence electrons. The first-order chi connectivity index (χ1) is 57.6. The number of Topliss-reactive ketones (excluding diaryl/α,β-unsaturated/α-hetero) is 1. The monoisotopic (exact) mass is 1750 g/mol. The van der Waals surface area contributed by atoms with Crippen LogP contribution in [0.3, 0.4) is 0 Å². The Morgan fingerprint density at radius 3 is 1.05 bits per heavy atom. The molecule has 1 atom stereocenters. The molecule has 0 aliphatic carbocycles. The first-order valence-electron chi connectivity index (χ1n) is 44.6. The molecule has 3 heterocycles. The maximum atomic E-state index is 11.9. The molecule has 11 aromatic rings. The van der Waals surface area contributed by atoms with Crippen molar-refractivity contribution < 1.29 is 33.8 Å². The number of aromatic nitrogens is 1. The lowest BCUT2D eigenvalue weighted by Gasteiger charge is -2.24. The maximum absolute atomic E-state index is 11.9. The second-order valence-corrected chi connectivity index (χ2v) is 45.8. The lowest BCUT2D eigenvalue weighted by atomic mass is 9.86. The van der Waals surface area contributed by atoms with E-state index in [9.17, 15) is 14.7 Å². The predicted molar refractivity (Wildman–Crippen MR) is 548 cm³/mol. The van der Waals surface area contributed by atoms with Crippen molar-refractivity contribution in [1.82, 2.24) is 4.57 Å². The number of carbonyl (C=O) groups is 2. The third-order valence-corrected chi connectivity index (χ3v) is 22.8. The molecule has 126 heavy (non-hydrogen) atoms. The molecule has 0 aliphatic heterocycles. The molecule has 0 saturated carbocycles. The molecule has 0 fully saturated rings. The van der Waals surface area contributed by atoms with Gasteiger partial charge < -0.3 is 14.6 Å². The van der Waals surface area contributed by atoms with Crippen LogP contribution in [0.5, 0.6) is 5.75 Å². The van der Waals surface area contributed by atoms with Crippen LogP contribution in [-0.2, 0) is 74.9 Å². The molecule has 11 rings (SSSR count). The van der Waals surface area contributed by atoms with Gasteiger partial charge in [0.1, 0.15) is 11.4 Å². The summed E-state index contributed by atoms with van der Waals surface area (Å²) < 4.78 is 12.1. The van der Waals surface area contributed by atoms with Crippen molar-refractivity contribution in [3.63, 3.8) is 0 Å². The first kappa shape index (κ1) is 115. The molecule has 10 heteroatoms. The number of thiophene rings is 2. The Hall–Kier alpha value is -9.28. The van der Waals surface area contributed by atoms with Crippen LogP contribution in [0, 0.1) is 20.8 Å². The van der Waals surface area contributed by atoms with Crippen LogP contribution >= 0.6 is 22.7 Å². The van der Waals surface area contributed by atoms with Crippen LogP contribution in [0.15, 0.2) is 248 Å². The Morgan fingerprint density at radius 1 is 0.389 bits per heavy atom. The lowest BCUT2D eigenvalue weighted by Crippen LogP contribution is -2.30. The average Bonchev–Trinajstić information content (AvgIpc) is 1.29. The smallest absolute Gasteiger partial charge is 0.418 e. The van der Waals surface area contributed by atoms with E-state index in [1.165, 1.54) is 81.4 Å². The first-order valence-corrected chi connectivity index (χ1v) is 46.3. The van der Waals surface area contributed by atoms with Gasteiger partial charge in [-0.25, -0.2) is 4.79 Å². The summed E-state index contributed by atoms with van der Waals surface area (Å²) in [6.45, 7) is 83.7. The van der Waals surface area contributed by atoms with E-state index in [0.717, 1.165) is 29.0 Å². The Morgan fingerprint density at radius 2 is 0.754 bits per heavy atom. The summed E-state index contributed by atoms with van der Waals surface area (Å²) in [5.41, 5.74) is 20.6. The van der Waals surface area contributed by atoms with E-state index in [1.54, 1.807) is 31.7 Å². The van der Waals surface area contributed by atoms with Crippen LogP contribution in [-0.4, -0.2) is 40.4 Å². The highest BCUT2D eigenvalue weighted by molar-refractivity contribution is 7.12. The van der Waals surface area contributed by atoms with Crippen molar-refractivity contribution in [3.05, 3.63) is 335 Å². The summed E-state index contributed by atoms with van der Waals surface area (Å²) in [5.74, 6) is 1.06. The van der Waals surface area contributed by atoms with E-state index in [2.05, 4.69) is 411 Å². The van der Waals surface area contributed by atoms with Gasteiger partial charge in [0, 0.05) is 37.5 Å². The molecule has 0 aliphatic rings. The van der Waals surface area contributed by atoms with Gasteiger partial charge >= 0.3 is 12.2 Å². The summed E-state index contributed by atoms with van der Waals surface area (Å²) in [5, 5.41) is 11.4. The number of ketones is 1. The molecule has 8 nitrogen and oxygen atoms in total. The quantitative estimate of drug-likeness (QED) is 0.171. The number of hydrogen-bond donors (Lipinski definition) is 1. The summed E-state index contributed by atoms with van der Waals surface area (Å²) in [7, 11) is 1.70. The molecule has 0 saturated heterocycles. The second kappa shape index (κ2) is 51.1. The average molecular weight is 1750 g/mol. The van der Waals surface area contributed by atoms with Crippen molar-refractivity contribution in [2.75, 3.05) is 7.11 Å². The number of methoxy groups -OCH3 is 1. The molecule has 1 N–H and O–H groups in total. The van der Waals surface area contributed by atoms with E-state index in [0.29, 0.717) is 10.8 Å². The zero-order chi connectivity index (χ0) is 97.0. The van der Waals surface area contributed by atoms with Crippen molar-refractivity contribution in [2.45, 2.75) is 342 Å². The van der Waals surface area contributed by atoms with Crippen molar-refractivity contribution in [1.29, 1.82) is 0 Å². The summed E-state index contributed by atoms with van der Waals surface area (Å²) in [6, 6.07) is 82.4. The summed E-state index contributed by atoms with van der Waals surface area (Å²) >= 11 is 3.72. The number of nitrogens with zero attached hydrogens (tertiary/aromatic N) is 1. The molecule has 0 radical (unpaired) electrons. The number of hydrogen-bond acceptors (Lipinski definition) is 9. The zero-order valence-corrected chi connectivity index (χ0v) is 87.2. The number of carbonyl (C=O) groups excluding carboxylic acids is 4. The molecular weight excluding hydrogens is 1580 g/mol. The highest BCUT2D eigenvalue weighted by Crippen LogP contribution is 2.33. The van der Waals surface area contributed by atoms with Gasteiger partial charge in [-0.05, 0) is 220 Å². The largest absolute Gasteiger partial charge is 0.497 e. The van der Waals surface area contributed by atoms with E-state index in [1.807, 2.05) is 110 Å². The SMILES string of the molecule is CC(=O)c1ccc(C(C)(C)C)cc1.CC(C)(C)OC(=O)n1cccc1C(C)(C)C.CC(C)(C)c1ccc(-c2ccccc2)cc1.CC(C)(C)c1cccs1.CC(O)c1ccc(C(C)(C)C)cc1.CCc1ccc(C(C)(C)C)cc1.COc1cccc(C(C)(C)C)c1.Cc1ccc(C(C)(C)C)cc1.Cc1ccc(C(C)(C)C)cc1.Cc1ccc(C(C)(C)C)s1.O=C=O. The van der Waals surface area contributed by atoms with Gasteiger partial charge in [-0.15, -0.1) is 22.7 Å². The minimum atomic E-state index is -0.462. The van der Waals surface area contributed by atoms with E-state index in [-0.39, 0.29) is 67.5 Å². The van der Waals surface area contributed by atoms with Crippen molar-refractivity contribution >= 4 is 40.7 Å². The minimum Gasteiger partial charge on any atom is -0.497 e. The van der Waals surface area contributed by atoms with Crippen LogP contribution < -0.4 is 4.74 Å². The number of benzene rings is 8. The Bertz CT molecular complexity index is 4820. The number of ether oxygens (including phenoxy) is 2. The van der Waals surface area contributed by atoms with Crippen LogP contribution in [0.4, 0.5) is 4.79 Å². The maximum Gasteiger partial charge on any atom is 0.418 e. The number of aryl methyl sites for hydroxylation is 4. The van der Waals surface area contributed by atoms with Gasteiger partial charge in [-0.2, -0.15) is 9.59 Å². The normalized spacial score (nSPS) is 11.8. The van der Waals surface area contributed by atoms with E-state index >= 15 is 0 Å². The van der Waals surface area contributed by atoms with E-state index in [4.69, 9.17) is 19.1 Å². The van der Waals surface area contributed by atoms with Gasteiger partial charge in [-0.3, -0.25) is 9.36 Å².